The van der Waals surface area contributed by atoms with E-state index in [-0.39, 0.29) is 17.1 Å². The van der Waals surface area contributed by atoms with E-state index >= 15 is 0 Å². The first-order valence-corrected chi connectivity index (χ1v) is 5.49. The third-order valence-corrected chi connectivity index (χ3v) is 3.15. The predicted octanol–water partition coefficient (Wildman–Crippen LogP) is 2.80. The molecule has 1 unspecified atom stereocenters. The Morgan fingerprint density at radius 1 is 1.60 bits per heavy atom. The maximum Gasteiger partial charge on any atom is 0.165 e. The quantitative estimate of drug-likeness (QED) is 0.559. The maximum absolute atomic E-state index is 12.0. The summed E-state index contributed by atoms with van der Waals surface area (Å²) in [4.78, 5) is 12.0. The lowest BCUT2D eigenvalue weighted by molar-refractivity contribution is -0.120. The van der Waals surface area contributed by atoms with Crippen LogP contribution in [0.2, 0.25) is 0 Å². The van der Waals surface area contributed by atoms with Gasteiger partial charge in [-0.2, -0.15) is 0 Å². The van der Waals surface area contributed by atoms with Gasteiger partial charge in [0.05, 0.1) is 0 Å². The fourth-order valence-electron chi connectivity index (χ4n) is 2.47. The lowest BCUT2D eigenvalue weighted by atomic mass is 9.67. The standard InChI is InChI=1S/C13H21NO/c1-9-6-5-7-13(3,4)12(9)11(15)8-10(2)14/h6,8,12H,5,7,14H2,1-4H3. The minimum Gasteiger partial charge on any atom is -0.402 e. The second kappa shape index (κ2) is 4.21. The van der Waals surface area contributed by atoms with Crippen molar-refractivity contribution in [2.45, 2.75) is 40.5 Å². The summed E-state index contributed by atoms with van der Waals surface area (Å²) in [6.07, 6.45) is 5.88. The van der Waals surface area contributed by atoms with Crippen molar-refractivity contribution in [2.75, 3.05) is 0 Å². The molecule has 0 saturated carbocycles. The minimum atomic E-state index is 0.00440. The first-order valence-electron chi connectivity index (χ1n) is 5.49. The Hall–Kier alpha value is -1.05. The normalized spacial score (nSPS) is 26.0. The molecule has 0 amide bonds. The van der Waals surface area contributed by atoms with E-state index in [4.69, 9.17) is 5.73 Å². The van der Waals surface area contributed by atoms with Crippen LogP contribution in [0.3, 0.4) is 0 Å². The van der Waals surface area contributed by atoms with Crippen molar-refractivity contribution in [2.24, 2.45) is 17.1 Å². The average Bonchev–Trinajstić information content (AvgIpc) is 1.99. The van der Waals surface area contributed by atoms with Gasteiger partial charge in [0.25, 0.3) is 0 Å². The van der Waals surface area contributed by atoms with Crippen LogP contribution in [-0.4, -0.2) is 5.78 Å². The predicted molar refractivity (Wildman–Crippen MR) is 63.2 cm³/mol. The molecular formula is C13H21NO. The zero-order valence-electron chi connectivity index (χ0n) is 10.1. The molecule has 0 bridgehead atoms. The van der Waals surface area contributed by atoms with Gasteiger partial charge in [0.2, 0.25) is 0 Å². The maximum atomic E-state index is 12.0. The summed E-state index contributed by atoms with van der Waals surface area (Å²) in [6, 6.07) is 0. The molecule has 0 fully saturated rings. The lowest BCUT2D eigenvalue weighted by Gasteiger charge is -2.36. The van der Waals surface area contributed by atoms with Crippen LogP contribution in [0, 0.1) is 11.3 Å². The minimum absolute atomic E-state index is 0.00440. The Kier molecular flexibility index (Phi) is 3.38. The SMILES string of the molecule is CC(N)=CC(=O)C1C(C)=CCCC1(C)C. The van der Waals surface area contributed by atoms with Crippen LogP contribution >= 0.6 is 0 Å². The molecule has 0 aromatic heterocycles. The Labute approximate surface area is 92.2 Å². The summed E-state index contributed by atoms with van der Waals surface area (Å²) in [7, 11) is 0. The first kappa shape index (κ1) is 12.0. The molecule has 0 saturated heterocycles. The molecule has 84 valence electrons. The monoisotopic (exact) mass is 207 g/mol. The van der Waals surface area contributed by atoms with Crippen LogP contribution in [0.25, 0.3) is 0 Å². The summed E-state index contributed by atoms with van der Waals surface area (Å²) >= 11 is 0. The molecule has 2 nitrogen and oxygen atoms in total. The van der Waals surface area contributed by atoms with E-state index in [0.717, 1.165) is 12.8 Å². The summed E-state index contributed by atoms with van der Waals surface area (Å²) in [5.74, 6) is 0.151. The van der Waals surface area contributed by atoms with E-state index < -0.39 is 0 Å². The van der Waals surface area contributed by atoms with Crippen molar-refractivity contribution in [3.63, 3.8) is 0 Å². The third kappa shape index (κ3) is 2.71. The fourth-order valence-corrected chi connectivity index (χ4v) is 2.47. The Morgan fingerprint density at radius 2 is 2.20 bits per heavy atom. The van der Waals surface area contributed by atoms with Gasteiger partial charge >= 0.3 is 0 Å². The molecule has 1 atom stereocenters. The van der Waals surface area contributed by atoms with Crippen molar-refractivity contribution >= 4 is 5.78 Å². The summed E-state index contributed by atoms with van der Waals surface area (Å²) in [5.41, 5.74) is 7.39. The molecule has 15 heavy (non-hydrogen) atoms. The summed E-state index contributed by atoms with van der Waals surface area (Å²) in [6.45, 7) is 8.12. The van der Waals surface area contributed by atoms with E-state index in [1.165, 1.54) is 5.57 Å². The lowest BCUT2D eigenvalue weighted by Crippen LogP contribution is -2.33. The van der Waals surface area contributed by atoms with Crippen LogP contribution in [0.15, 0.2) is 23.4 Å². The van der Waals surface area contributed by atoms with E-state index in [2.05, 4.69) is 19.9 Å². The molecule has 0 radical (unpaired) electrons. The van der Waals surface area contributed by atoms with Crippen LogP contribution < -0.4 is 5.73 Å². The molecule has 0 spiro atoms. The van der Waals surface area contributed by atoms with Gasteiger partial charge in [-0.3, -0.25) is 4.79 Å². The van der Waals surface area contributed by atoms with Gasteiger partial charge in [-0.1, -0.05) is 25.5 Å². The van der Waals surface area contributed by atoms with Gasteiger partial charge in [-0.05, 0) is 32.1 Å². The highest BCUT2D eigenvalue weighted by Gasteiger charge is 2.36. The van der Waals surface area contributed by atoms with Crippen molar-refractivity contribution < 1.29 is 4.79 Å². The smallest absolute Gasteiger partial charge is 0.165 e. The van der Waals surface area contributed by atoms with Gasteiger partial charge in [-0.25, -0.2) is 0 Å². The van der Waals surface area contributed by atoms with Crippen LogP contribution in [0.4, 0.5) is 0 Å². The van der Waals surface area contributed by atoms with Gasteiger partial charge in [0.1, 0.15) is 0 Å². The molecule has 0 aromatic carbocycles. The van der Waals surface area contributed by atoms with Gasteiger partial charge in [0.15, 0.2) is 5.78 Å². The zero-order valence-corrected chi connectivity index (χ0v) is 10.1. The Bertz CT molecular complexity index is 319. The number of allylic oxidation sites excluding steroid dienone is 4. The summed E-state index contributed by atoms with van der Waals surface area (Å²) in [5, 5.41) is 0. The Balaban J connectivity index is 2.99. The second-order valence-electron chi connectivity index (χ2n) is 5.20. The molecule has 2 N–H and O–H groups in total. The van der Waals surface area contributed by atoms with Gasteiger partial charge < -0.3 is 5.73 Å². The second-order valence-corrected chi connectivity index (χ2v) is 5.20. The van der Waals surface area contributed by atoms with E-state index in [1.807, 2.05) is 6.92 Å². The van der Waals surface area contributed by atoms with E-state index in [1.54, 1.807) is 13.0 Å². The van der Waals surface area contributed by atoms with Crippen molar-refractivity contribution in [1.29, 1.82) is 0 Å². The highest BCUT2D eigenvalue weighted by Crippen LogP contribution is 2.41. The molecule has 0 heterocycles. The van der Waals surface area contributed by atoms with Crippen LogP contribution in [-0.2, 0) is 4.79 Å². The molecular weight excluding hydrogens is 186 g/mol. The number of rotatable bonds is 2. The topological polar surface area (TPSA) is 43.1 Å². The fraction of sp³-hybridized carbons (Fsp3) is 0.615. The number of hydrogen-bond donors (Lipinski definition) is 1. The zero-order chi connectivity index (χ0) is 11.6. The largest absolute Gasteiger partial charge is 0.402 e. The van der Waals surface area contributed by atoms with E-state index in [0.29, 0.717) is 5.70 Å². The molecule has 1 rings (SSSR count). The number of carbonyl (C=O) groups excluding carboxylic acids is 1. The number of nitrogens with two attached hydrogens (primary N) is 1. The number of ketones is 1. The molecule has 0 aliphatic heterocycles. The number of carbonyl (C=O) groups is 1. The third-order valence-electron chi connectivity index (χ3n) is 3.15. The van der Waals surface area contributed by atoms with Crippen molar-refractivity contribution in [3.8, 4) is 0 Å². The highest BCUT2D eigenvalue weighted by molar-refractivity contribution is 5.94. The van der Waals surface area contributed by atoms with Crippen LogP contribution in [0.1, 0.15) is 40.5 Å². The van der Waals surface area contributed by atoms with E-state index in [9.17, 15) is 4.79 Å². The first-order chi connectivity index (χ1) is 6.84. The average molecular weight is 207 g/mol. The molecule has 2 heteroatoms. The van der Waals surface area contributed by atoms with Crippen molar-refractivity contribution in [3.05, 3.63) is 23.4 Å². The van der Waals surface area contributed by atoms with Crippen LogP contribution in [0.5, 0.6) is 0 Å². The molecule has 0 aromatic rings. The molecule has 1 aliphatic rings. The molecule has 1 aliphatic carbocycles. The number of hydrogen-bond acceptors (Lipinski definition) is 2. The van der Waals surface area contributed by atoms with Gasteiger partial charge in [-0.15, -0.1) is 0 Å². The Morgan fingerprint density at radius 3 is 2.67 bits per heavy atom. The van der Waals surface area contributed by atoms with Gasteiger partial charge in [0, 0.05) is 17.7 Å². The summed E-state index contributed by atoms with van der Waals surface area (Å²) < 4.78 is 0. The highest BCUT2D eigenvalue weighted by atomic mass is 16.1. The van der Waals surface area contributed by atoms with Crippen molar-refractivity contribution in [1.82, 2.24) is 0 Å².